The molecule has 0 aliphatic carbocycles. The van der Waals surface area contributed by atoms with E-state index in [1.54, 1.807) is 6.33 Å². The summed E-state index contributed by atoms with van der Waals surface area (Å²) >= 11 is 0. The van der Waals surface area contributed by atoms with Gasteiger partial charge in [-0.1, -0.05) is 6.92 Å². The predicted molar refractivity (Wildman–Crippen MR) is 76.7 cm³/mol. The molecule has 1 saturated heterocycles. The molecule has 1 aromatic heterocycles. The number of hydrogen-bond donors (Lipinski definition) is 1. The molecular weight excluding hydrogens is 240 g/mol. The Bertz CT molecular complexity index is 379. The summed E-state index contributed by atoms with van der Waals surface area (Å²) in [6.45, 7) is 7.96. The Morgan fingerprint density at radius 1 is 1.42 bits per heavy atom. The Hall–Kier alpha value is -1.36. The zero-order valence-corrected chi connectivity index (χ0v) is 11.9. The van der Waals surface area contributed by atoms with Crippen molar-refractivity contribution in [1.82, 2.24) is 15.3 Å². The Morgan fingerprint density at radius 2 is 2.32 bits per heavy atom. The molecule has 19 heavy (non-hydrogen) atoms. The van der Waals surface area contributed by atoms with Crippen LogP contribution < -0.4 is 15.0 Å². The third-order valence-electron chi connectivity index (χ3n) is 3.34. The molecule has 0 spiro atoms. The number of nitrogens with one attached hydrogen (secondary N) is 1. The Kier molecular flexibility index (Phi) is 5.39. The van der Waals surface area contributed by atoms with Crippen LogP contribution >= 0.6 is 0 Å². The molecule has 1 N–H and O–H groups in total. The summed E-state index contributed by atoms with van der Waals surface area (Å²) in [5.74, 6) is 1.63. The molecule has 5 nitrogen and oxygen atoms in total. The van der Waals surface area contributed by atoms with Gasteiger partial charge in [-0.2, -0.15) is 0 Å². The van der Waals surface area contributed by atoms with E-state index in [0.717, 1.165) is 31.9 Å². The van der Waals surface area contributed by atoms with Crippen molar-refractivity contribution < 1.29 is 4.74 Å². The number of anilines is 1. The van der Waals surface area contributed by atoms with Crippen LogP contribution in [0.2, 0.25) is 0 Å². The molecule has 0 bridgehead atoms. The fourth-order valence-electron chi connectivity index (χ4n) is 2.48. The highest BCUT2D eigenvalue weighted by molar-refractivity contribution is 5.41. The Labute approximate surface area is 115 Å². The van der Waals surface area contributed by atoms with Crippen molar-refractivity contribution in [3.63, 3.8) is 0 Å². The van der Waals surface area contributed by atoms with E-state index in [9.17, 15) is 0 Å². The lowest BCUT2D eigenvalue weighted by Gasteiger charge is -2.26. The predicted octanol–water partition coefficient (Wildman–Crippen LogP) is 1.84. The number of aromatic nitrogens is 2. The fourth-order valence-corrected chi connectivity index (χ4v) is 2.48. The van der Waals surface area contributed by atoms with Gasteiger partial charge in [-0.15, -0.1) is 0 Å². The Balaban J connectivity index is 2.05. The van der Waals surface area contributed by atoms with Gasteiger partial charge in [0.15, 0.2) is 0 Å². The van der Waals surface area contributed by atoms with E-state index in [-0.39, 0.29) is 0 Å². The van der Waals surface area contributed by atoms with Crippen LogP contribution in [0.4, 0.5) is 5.82 Å². The van der Waals surface area contributed by atoms with Crippen LogP contribution in [0.15, 0.2) is 12.4 Å². The van der Waals surface area contributed by atoms with Gasteiger partial charge in [0, 0.05) is 25.2 Å². The number of nitrogens with zero attached hydrogens (tertiary/aromatic N) is 3. The van der Waals surface area contributed by atoms with Gasteiger partial charge in [0.25, 0.3) is 0 Å². The molecule has 5 heteroatoms. The van der Waals surface area contributed by atoms with Crippen molar-refractivity contribution >= 4 is 5.82 Å². The summed E-state index contributed by atoms with van der Waals surface area (Å²) in [5.41, 5.74) is 0. The zero-order chi connectivity index (χ0) is 13.5. The van der Waals surface area contributed by atoms with Crippen LogP contribution in [0.3, 0.4) is 0 Å². The third kappa shape index (κ3) is 4.06. The molecule has 1 aliphatic rings. The van der Waals surface area contributed by atoms with E-state index in [0.29, 0.717) is 18.5 Å². The minimum Gasteiger partial charge on any atom is -0.478 e. The lowest BCUT2D eigenvalue weighted by atomic mass is 10.2. The smallest absolute Gasteiger partial charge is 0.218 e. The van der Waals surface area contributed by atoms with E-state index < -0.39 is 0 Å². The summed E-state index contributed by atoms with van der Waals surface area (Å²) in [5, 5.41) is 3.54. The molecule has 1 fully saturated rings. The highest BCUT2D eigenvalue weighted by Crippen LogP contribution is 2.18. The molecule has 0 amide bonds. The third-order valence-corrected chi connectivity index (χ3v) is 3.34. The molecule has 1 aromatic rings. The lowest BCUT2D eigenvalue weighted by molar-refractivity contribution is 0.326. The molecule has 1 unspecified atom stereocenters. The van der Waals surface area contributed by atoms with Gasteiger partial charge in [-0.25, -0.2) is 9.97 Å². The molecule has 0 aromatic carbocycles. The molecule has 0 saturated carbocycles. The molecule has 1 aliphatic heterocycles. The SMILES string of the molecule is CCCN(CC1CCCN1)c1cc(OCC)ncn1. The minimum absolute atomic E-state index is 0.581. The van der Waals surface area contributed by atoms with Crippen molar-refractivity contribution in [2.75, 3.05) is 31.1 Å². The van der Waals surface area contributed by atoms with Gasteiger partial charge in [0.1, 0.15) is 12.1 Å². The molecule has 2 rings (SSSR count). The second-order valence-corrected chi connectivity index (χ2v) is 4.89. The van der Waals surface area contributed by atoms with Crippen LogP contribution in [0, 0.1) is 0 Å². The van der Waals surface area contributed by atoms with E-state index in [2.05, 4.69) is 27.1 Å². The van der Waals surface area contributed by atoms with Gasteiger partial charge in [0.05, 0.1) is 6.61 Å². The van der Waals surface area contributed by atoms with Crippen LogP contribution in [0.1, 0.15) is 33.1 Å². The number of ether oxygens (including phenoxy) is 1. The van der Waals surface area contributed by atoms with Gasteiger partial charge in [-0.3, -0.25) is 0 Å². The monoisotopic (exact) mass is 264 g/mol. The molecular formula is C14H24N4O. The highest BCUT2D eigenvalue weighted by Gasteiger charge is 2.18. The van der Waals surface area contributed by atoms with Gasteiger partial charge < -0.3 is 15.0 Å². The highest BCUT2D eigenvalue weighted by atomic mass is 16.5. The lowest BCUT2D eigenvalue weighted by Crippen LogP contribution is -2.38. The second-order valence-electron chi connectivity index (χ2n) is 4.89. The van der Waals surface area contributed by atoms with Crippen molar-refractivity contribution in [1.29, 1.82) is 0 Å². The first-order valence-electron chi connectivity index (χ1n) is 7.26. The van der Waals surface area contributed by atoms with Crippen LogP contribution in [-0.4, -0.2) is 42.3 Å². The van der Waals surface area contributed by atoms with Gasteiger partial charge in [0.2, 0.25) is 5.88 Å². The molecule has 2 heterocycles. The number of hydrogen-bond acceptors (Lipinski definition) is 5. The average molecular weight is 264 g/mol. The van der Waals surface area contributed by atoms with Crippen molar-refractivity contribution in [3.8, 4) is 5.88 Å². The quantitative estimate of drug-likeness (QED) is 0.814. The van der Waals surface area contributed by atoms with E-state index >= 15 is 0 Å². The van der Waals surface area contributed by atoms with Crippen molar-refractivity contribution in [3.05, 3.63) is 12.4 Å². The first-order valence-corrected chi connectivity index (χ1v) is 7.26. The first kappa shape index (κ1) is 14.1. The van der Waals surface area contributed by atoms with Crippen molar-refractivity contribution in [2.24, 2.45) is 0 Å². The summed E-state index contributed by atoms with van der Waals surface area (Å²) in [7, 11) is 0. The Morgan fingerprint density at radius 3 is 3.00 bits per heavy atom. The summed E-state index contributed by atoms with van der Waals surface area (Å²) in [6, 6.07) is 2.52. The maximum atomic E-state index is 5.45. The maximum Gasteiger partial charge on any atom is 0.218 e. The van der Waals surface area contributed by atoms with Crippen molar-refractivity contribution in [2.45, 2.75) is 39.2 Å². The molecule has 1 atom stereocenters. The normalized spacial score (nSPS) is 18.5. The largest absolute Gasteiger partial charge is 0.478 e. The summed E-state index contributed by atoms with van der Waals surface area (Å²) in [6.07, 6.45) is 5.23. The fraction of sp³-hybridized carbons (Fsp3) is 0.714. The van der Waals surface area contributed by atoms with Gasteiger partial charge in [-0.05, 0) is 32.7 Å². The topological polar surface area (TPSA) is 50.3 Å². The number of rotatable bonds is 7. The van der Waals surface area contributed by atoms with E-state index in [4.69, 9.17) is 4.74 Å². The average Bonchev–Trinajstić information content (AvgIpc) is 2.92. The standard InChI is InChI=1S/C14H24N4O/c1-3-8-18(10-12-6-5-7-15-12)13-9-14(19-4-2)17-11-16-13/h9,11-12,15H,3-8,10H2,1-2H3. The van der Waals surface area contributed by atoms with Crippen LogP contribution in [-0.2, 0) is 0 Å². The van der Waals surface area contributed by atoms with Crippen LogP contribution in [0.5, 0.6) is 5.88 Å². The summed E-state index contributed by atoms with van der Waals surface area (Å²) in [4.78, 5) is 10.8. The van der Waals surface area contributed by atoms with Gasteiger partial charge >= 0.3 is 0 Å². The second kappa shape index (κ2) is 7.28. The minimum atomic E-state index is 0.581. The molecule has 0 radical (unpaired) electrons. The maximum absolute atomic E-state index is 5.45. The van der Waals surface area contributed by atoms with E-state index in [1.807, 2.05) is 13.0 Å². The van der Waals surface area contributed by atoms with Crippen LogP contribution in [0.25, 0.3) is 0 Å². The molecule has 106 valence electrons. The van der Waals surface area contributed by atoms with E-state index in [1.165, 1.54) is 12.8 Å². The zero-order valence-electron chi connectivity index (χ0n) is 11.9. The summed E-state index contributed by atoms with van der Waals surface area (Å²) < 4.78 is 5.45. The first-order chi connectivity index (χ1) is 9.33.